The molecule has 0 bridgehead atoms. The molecule has 0 saturated heterocycles. The molecule has 0 aromatic carbocycles. The predicted octanol–water partition coefficient (Wildman–Crippen LogP) is -0.371. The van der Waals surface area contributed by atoms with Crippen molar-refractivity contribution >= 4 is 5.91 Å². The van der Waals surface area contributed by atoms with E-state index in [0.717, 1.165) is 19.5 Å². The van der Waals surface area contributed by atoms with Gasteiger partial charge >= 0.3 is 0 Å². The number of nitrogens with one attached hydrogen (secondary N) is 1. The Balaban J connectivity index is 2.53. The molecule has 8 nitrogen and oxygen atoms in total. The maximum Gasteiger partial charge on any atom is 0.287 e. The van der Waals surface area contributed by atoms with E-state index < -0.39 is 5.91 Å². The van der Waals surface area contributed by atoms with Crippen LogP contribution < -0.4 is 11.3 Å². The lowest BCUT2D eigenvalue weighted by Gasteiger charge is -2.27. The molecule has 1 atom stereocenters. The number of aromatic nitrogens is 3. The van der Waals surface area contributed by atoms with Gasteiger partial charge in [-0.05, 0) is 13.3 Å². The molecular formula is C12H24N6O2. The van der Waals surface area contributed by atoms with Crippen LogP contribution in [0.15, 0.2) is 6.20 Å². The number of nitrogens with two attached hydrogens (primary N) is 1. The van der Waals surface area contributed by atoms with E-state index in [0.29, 0.717) is 19.2 Å². The summed E-state index contributed by atoms with van der Waals surface area (Å²) in [6.45, 7) is 7.40. The van der Waals surface area contributed by atoms with Gasteiger partial charge in [0, 0.05) is 26.2 Å². The third-order valence-electron chi connectivity index (χ3n) is 3.32. The minimum Gasteiger partial charge on any atom is -0.383 e. The summed E-state index contributed by atoms with van der Waals surface area (Å²) in [5.41, 5.74) is 2.25. The molecule has 0 radical (unpaired) electrons. The lowest BCUT2D eigenvalue weighted by molar-refractivity contribution is 0.0948. The van der Waals surface area contributed by atoms with Gasteiger partial charge in [-0.15, -0.1) is 5.10 Å². The Morgan fingerprint density at radius 1 is 1.60 bits per heavy atom. The molecule has 3 N–H and O–H groups in total. The molecule has 0 fully saturated rings. The third-order valence-corrected chi connectivity index (χ3v) is 3.32. The second kappa shape index (κ2) is 8.62. The van der Waals surface area contributed by atoms with Crippen LogP contribution in [0.4, 0.5) is 0 Å². The van der Waals surface area contributed by atoms with E-state index in [1.54, 1.807) is 18.0 Å². The van der Waals surface area contributed by atoms with Crippen LogP contribution in [-0.4, -0.2) is 58.6 Å². The Morgan fingerprint density at radius 3 is 2.95 bits per heavy atom. The predicted molar refractivity (Wildman–Crippen MR) is 74.9 cm³/mol. The van der Waals surface area contributed by atoms with Crippen molar-refractivity contribution in [1.82, 2.24) is 25.3 Å². The van der Waals surface area contributed by atoms with Gasteiger partial charge in [0.1, 0.15) is 0 Å². The van der Waals surface area contributed by atoms with E-state index in [1.807, 2.05) is 5.43 Å². The van der Waals surface area contributed by atoms with Crippen LogP contribution in [0.3, 0.4) is 0 Å². The quantitative estimate of drug-likeness (QED) is 0.365. The Bertz CT molecular complexity index is 408. The smallest absolute Gasteiger partial charge is 0.287 e. The molecule has 1 unspecified atom stereocenters. The fraction of sp³-hybridized carbons (Fsp3) is 0.750. The van der Waals surface area contributed by atoms with E-state index in [1.165, 1.54) is 0 Å². The van der Waals surface area contributed by atoms with Gasteiger partial charge in [-0.2, -0.15) is 0 Å². The maximum atomic E-state index is 11.3. The van der Waals surface area contributed by atoms with Crippen LogP contribution in [0.5, 0.6) is 0 Å². The Kier molecular flexibility index (Phi) is 7.13. The zero-order chi connectivity index (χ0) is 15.0. The van der Waals surface area contributed by atoms with Crippen molar-refractivity contribution in [3.05, 3.63) is 11.9 Å². The summed E-state index contributed by atoms with van der Waals surface area (Å²) < 4.78 is 6.77. The van der Waals surface area contributed by atoms with Crippen LogP contribution >= 0.6 is 0 Å². The third kappa shape index (κ3) is 4.87. The lowest BCUT2D eigenvalue weighted by atomic mass is 10.2. The van der Waals surface area contributed by atoms with Crippen LogP contribution in [0, 0.1) is 0 Å². The number of carbonyl (C=O) groups is 1. The number of hydrogen-bond donors (Lipinski definition) is 2. The van der Waals surface area contributed by atoms with Gasteiger partial charge < -0.3 is 4.74 Å². The molecule has 0 aliphatic carbocycles. The minimum atomic E-state index is -0.436. The van der Waals surface area contributed by atoms with E-state index in [9.17, 15) is 4.79 Å². The fourth-order valence-corrected chi connectivity index (χ4v) is 1.84. The molecule has 20 heavy (non-hydrogen) atoms. The summed E-state index contributed by atoms with van der Waals surface area (Å²) in [5.74, 6) is 4.61. The second-order valence-corrected chi connectivity index (χ2v) is 4.63. The van der Waals surface area contributed by atoms with Crippen molar-refractivity contribution < 1.29 is 9.53 Å². The largest absolute Gasteiger partial charge is 0.383 e. The van der Waals surface area contributed by atoms with Crippen molar-refractivity contribution in [3.63, 3.8) is 0 Å². The topological polar surface area (TPSA) is 98.3 Å². The summed E-state index contributed by atoms with van der Waals surface area (Å²) in [4.78, 5) is 13.6. The normalized spacial score (nSPS) is 12.7. The molecule has 1 aromatic heterocycles. The number of amides is 1. The van der Waals surface area contributed by atoms with Crippen molar-refractivity contribution in [1.29, 1.82) is 0 Å². The van der Waals surface area contributed by atoms with Crippen molar-refractivity contribution in [2.45, 2.75) is 32.9 Å². The summed E-state index contributed by atoms with van der Waals surface area (Å²) in [5, 5.41) is 7.68. The van der Waals surface area contributed by atoms with Gasteiger partial charge in [-0.25, -0.2) is 5.84 Å². The molecule has 0 spiro atoms. The maximum absolute atomic E-state index is 11.3. The second-order valence-electron chi connectivity index (χ2n) is 4.63. The van der Waals surface area contributed by atoms with Gasteiger partial charge in [0.25, 0.3) is 5.91 Å². The number of rotatable bonds is 9. The highest BCUT2D eigenvalue weighted by Crippen LogP contribution is 2.04. The van der Waals surface area contributed by atoms with Gasteiger partial charge in [0.05, 0.1) is 19.3 Å². The number of hydrazine groups is 1. The highest BCUT2D eigenvalue weighted by molar-refractivity contribution is 5.91. The summed E-state index contributed by atoms with van der Waals surface area (Å²) in [6, 6.07) is 0.473. The zero-order valence-corrected chi connectivity index (χ0v) is 12.4. The van der Waals surface area contributed by atoms with Crippen LogP contribution in [0.1, 0.15) is 30.8 Å². The van der Waals surface area contributed by atoms with E-state index in [-0.39, 0.29) is 5.69 Å². The first-order valence-electron chi connectivity index (χ1n) is 6.76. The highest BCUT2D eigenvalue weighted by atomic mass is 16.5. The van der Waals surface area contributed by atoms with Gasteiger partial charge in [-0.3, -0.25) is 19.8 Å². The van der Waals surface area contributed by atoms with E-state index in [2.05, 4.69) is 29.1 Å². The Morgan fingerprint density at radius 2 is 2.35 bits per heavy atom. The number of carbonyl (C=O) groups excluding carboxylic acids is 1. The summed E-state index contributed by atoms with van der Waals surface area (Å²) >= 11 is 0. The highest BCUT2D eigenvalue weighted by Gasteiger charge is 2.13. The summed E-state index contributed by atoms with van der Waals surface area (Å²) in [6.07, 6.45) is 2.66. The molecular weight excluding hydrogens is 260 g/mol. The zero-order valence-electron chi connectivity index (χ0n) is 12.4. The minimum absolute atomic E-state index is 0.222. The number of methoxy groups -OCH3 is 1. The molecule has 1 amide bonds. The molecule has 0 aliphatic heterocycles. The molecule has 1 aromatic rings. The molecule has 114 valence electrons. The molecule has 0 aliphatic rings. The molecule has 0 saturated carbocycles. The number of ether oxygens (including phenoxy) is 1. The van der Waals surface area contributed by atoms with E-state index in [4.69, 9.17) is 10.6 Å². The van der Waals surface area contributed by atoms with Crippen LogP contribution in [0.25, 0.3) is 0 Å². The summed E-state index contributed by atoms with van der Waals surface area (Å²) in [7, 11) is 1.70. The average molecular weight is 284 g/mol. The molecule has 8 heteroatoms. The van der Waals surface area contributed by atoms with Crippen LogP contribution in [0.2, 0.25) is 0 Å². The van der Waals surface area contributed by atoms with Gasteiger partial charge in [0.2, 0.25) is 0 Å². The van der Waals surface area contributed by atoms with Crippen molar-refractivity contribution in [3.8, 4) is 0 Å². The first-order chi connectivity index (χ1) is 9.62. The van der Waals surface area contributed by atoms with Gasteiger partial charge in [0.15, 0.2) is 5.69 Å². The number of nitrogen functional groups attached to an aromatic ring is 1. The van der Waals surface area contributed by atoms with Crippen molar-refractivity contribution in [2.24, 2.45) is 5.84 Å². The van der Waals surface area contributed by atoms with Crippen LogP contribution in [-0.2, 0) is 11.3 Å². The first kappa shape index (κ1) is 16.5. The SMILES string of the molecule is CCC(C)N(CCOC)CCn1cc(C(=O)NN)nn1. The number of nitrogens with zero attached hydrogens (tertiary/aromatic N) is 4. The monoisotopic (exact) mass is 284 g/mol. The molecule has 1 rings (SSSR count). The average Bonchev–Trinajstić information content (AvgIpc) is 2.94. The fourth-order valence-electron chi connectivity index (χ4n) is 1.84. The molecule has 1 heterocycles. The van der Waals surface area contributed by atoms with E-state index >= 15 is 0 Å². The standard InChI is InChI=1S/C12H24N6O2/c1-4-10(2)17(7-8-20-3)5-6-18-9-11(15-16-18)12(19)14-13/h9-10H,4-8,13H2,1-3H3,(H,14,19). The lowest BCUT2D eigenvalue weighted by Crippen LogP contribution is -2.37. The van der Waals surface area contributed by atoms with Crippen molar-refractivity contribution in [2.75, 3.05) is 26.8 Å². The number of hydrogen-bond acceptors (Lipinski definition) is 6. The Labute approximate surface area is 119 Å². The Hall–Kier alpha value is -1.51. The van der Waals surface area contributed by atoms with Gasteiger partial charge in [-0.1, -0.05) is 12.1 Å². The first-order valence-corrected chi connectivity index (χ1v) is 6.76.